The van der Waals surface area contributed by atoms with Crippen LogP contribution >= 0.6 is 11.3 Å². The number of carbonyl (C=O) groups excluding carboxylic acids is 1. The second-order valence-electron chi connectivity index (χ2n) is 7.10. The Labute approximate surface area is 174 Å². The highest BCUT2D eigenvalue weighted by molar-refractivity contribution is 7.13. The highest BCUT2D eigenvalue weighted by Crippen LogP contribution is 2.24. The fourth-order valence-corrected chi connectivity index (χ4v) is 3.90. The van der Waals surface area contributed by atoms with Gasteiger partial charge < -0.3 is 5.32 Å². The van der Waals surface area contributed by atoms with Crippen LogP contribution in [0.15, 0.2) is 66.2 Å². The van der Waals surface area contributed by atoms with E-state index in [0.717, 1.165) is 21.8 Å². The molecule has 4 rings (SSSR count). The number of amides is 1. The normalized spacial score (nSPS) is 10.8. The van der Waals surface area contributed by atoms with Crippen LogP contribution in [0.25, 0.3) is 10.6 Å². The van der Waals surface area contributed by atoms with Crippen LogP contribution in [-0.2, 0) is 17.8 Å². The zero-order valence-corrected chi connectivity index (χ0v) is 17.2. The first-order chi connectivity index (χ1) is 14.1. The molecule has 0 atom stereocenters. The maximum absolute atomic E-state index is 12.5. The molecule has 0 spiro atoms. The lowest BCUT2D eigenvalue weighted by Gasteiger charge is -2.09. The maximum atomic E-state index is 12.5. The number of nitrogens with one attached hydrogen (secondary N) is 1. The van der Waals surface area contributed by atoms with Gasteiger partial charge in [-0.25, -0.2) is 9.67 Å². The van der Waals surface area contributed by atoms with Crippen molar-refractivity contribution in [2.24, 2.45) is 0 Å². The largest absolute Gasteiger partial charge is 0.311 e. The summed E-state index contributed by atoms with van der Waals surface area (Å²) in [6.07, 6.45) is 1.93. The highest BCUT2D eigenvalue weighted by Gasteiger charge is 2.12. The van der Waals surface area contributed by atoms with Gasteiger partial charge in [-0.3, -0.25) is 4.79 Å². The molecule has 1 N–H and O–H groups in total. The number of hydrogen-bond donors (Lipinski definition) is 1. The Hall–Kier alpha value is -3.25. The number of anilines is 1. The van der Waals surface area contributed by atoms with E-state index in [2.05, 4.69) is 65.6 Å². The molecule has 2 heterocycles. The minimum absolute atomic E-state index is 0.100. The Morgan fingerprint density at radius 3 is 2.69 bits per heavy atom. The van der Waals surface area contributed by atoms with Crippen molar-refractivity contribution in [2.45, 2.75) is 26.8 Å². The van der Waals surface area contributed by atoms with E-state index in [-0.39, 0.29) is 12.3 Å². The minimum atomic E-state index is -0.100. The Morgan fingerprint density at radius 1 is 1.07 bits per heavy atom. The van der Waals surface area contributed by atoms with E-state index in [0.29, 0.717) is 12.4 Å². The second-order valence-corrected chi connectivity index (χ2v) is 7.96. The van der Waals surface area contributed by atoms with Crippen LogP contribution in [0, 0.1) is 13.8 Å². The lowest BCUT2D eigenvalue weighted by atomic mass is 10.1. The number of nitrogens with zero attached hydrogens (tertiary/aromatic N) is 3. The minimum Gasteiger partial charge on any atom is -0.311 e. The van der Waals surface area contributed by atoms with Crippen LogP contribution < -0.4 is 5.32 Å². The van der Waals surface area contributed by atoms with Crippen molar-refractivity contribution in [1.82, 2.24) is 14.8 Å². The first-order valence-electron chi connectivity index (χ1n) is 9.45. The van der Waals surface area contributed by atoms with Crippen LogP contribution in [0.2, 0.25) is 0 Å². The zero-order chi connectivity index (χ0) is 20.2. The summed E-state index contributed by atoms with van der Waals surface area (Å²) in [7, 11) is 0. The van der Waals surface area contributed by atoms with Crippen molar-refractivity contribution in [3.8, 4) is 10.6 Å². The number of benzene rings is 2. The molecule has 29 heavy (non-hydrogen) atoms. The first kappa shape index (κ1) is 19.1. The molecule has 0 bridgehead atoms. The standard InChI is InChI=1S/C23H22N4OS/c1-16-6-8-18(9-7-16)14-27-21(10-11-24-27)26-22(28)13-20-15-29-23(25-20)19-5-3-4-17(2)12-19/h3-12,15H,13-14H2,1-2H3,(H,26,28). The number of hydrogen-bond acceptors (Lipinski definition) is 4. The molecule has 0 saturated carbocycles. The van der Waals surface area contributed by atoms with E-state index in [1.54, 1.807) is 22.2 Å². The van der Waals surface area contributed by atoms with Gasteiger partial charge in [0.1, 0.15) is 10.8 Å². The molecular weight excluding hydrogens is 380 g/mol. The Balaban J connectivity index is 1.41. The first-order valence-corrected chi connectivity index (χ1v) is 10.3. The van der Waals surface area contributed by atoms with E-state index in [1.165, 1.54) is 11.1 Å². The molecular formula is C23H22N4OS. The number of rotatable bonds is 6. The summed E-state index contributed by atoms with van der Waals surface area (Å²) in [6.45, 7) is 4.73. The molecule has 2 aromatic carbocycles. The number of aromatic nitrogens is 3. The fraction of sp³-hybridized carbons (Fsp3) is 0.174. The highest BCUT2D eigenvalue weighted by atomic mass is 32.1. The summed E-state index contributed by atoms with van der Waals surface area (Å²) < 4.78 is 1.79. The van der Waals surface area contributed by atoms with Gasteiger partial charge in [-0.05, 0) is 25.5 Å². The summed E-state index contributed by atoms with van der Waals surface area (Å²) >= 11 is 1.56. The third-order valence-corrected chi connectivity index (χ3v) is 5.54. The molecule has 0 aliphatic carbocycles. The van der Waals surface area contributed by atoms with Crippen molar-refractivity contribution in [3.63, 3.8) is 0 Å². The average molecular weight is 403 g/mol. The zero-order valence-electron chi connectivity index (χ0n) is 16.4. The molecule has 5 nitrogen and oxygen atoms in total. The van der Waals surface area contributed by atoms with E-state index >= 15 is 0 Å². The van der Waals surface area contributed by atoms with Crippen LogP contribution in [0.4, 0.5) is 5.82 Å². The lowest BCUT2D eigenvalue weighted by Crippen LogP contribution is -2.18. The summed E-state index contributed by atoms with van der Waals surface area (Å²) in [5.41, 5.74) is 5.40. The summed E-state index contributed by atoms with van der Waals surface area (Å²) in [6, 6.07) is 18.3. The molecule has 4 aromatic rings. The number of thiazole rings is 1. The van der Waals surface area contributed by atoms with E-state index in [4.69, 9.17) is 0 Å². The Morgan fingerprint density at radius 2 is 1.90 bits per heavy atom. The van der Waals surface area contributed by atoms with E-state index < -0.39 is 0 Å². The number of aryl methyl sites for hydroxylation is 2. The van der Waals surface area contributed by atoms with Crippen LogP contribution in [0.3, 0.4) is 0 Å². The van der Waals surface area contributed by atoms with Crippen molar-refractivity contribution >= 4 is 23.1 Å². The van der Waals surface area contributed by atoms with Gasteiger partial charge >= 0.3 is 0 Å². The summed E-state index contributed by atoms with van der Waals surface area (Å²) in [4.78, 5) is 17.2. The van der Waals surface area contributed by atoms with Crippen molar-refractivity contribution in [2.75, 3.05) is 5.32 Å². The topological polar surface area (TPSA) is 59.8 Å². The fourth-order valence-electron chi connectivity index (χ4n) is 3.08. The average Bonchev–Trinajstić information content (AvgIpc) is 3.33. The van der Waals surface area contributed by atoms with E-state index in [1.807, 2.05) is 23.6 Å². The van der Waals surface area contributed by atoms with Crippen LogP contribution in [-0.4, -0.2) is 20.7 Å². The van der Waals surface area contributed by atoms with E-state index in [9.17, 15) is 4.79 Å². The van der Waals surface area contributed by atoms with Gasteiger partial charge in [0.05, 0.1) is 24.9 Å². The third kappa shape index (κ3) is 4.78. The molecule has 0 radical (unpaired) electrons. The molecule has 1 amide bonds. The summed E-state index contributed by atoms with van der Waals surface area (Å²) in [5.74, 6) is 0.585. The van der Waals surface area contributed by atoms with Gasteiger partial charge in [0.15, 0.2) is 0 Å². The van der Waals surface area contributed by atoms with Gasteiger partial charge in [-0.15, -0.1) is 11.3 Å². The molecule has 0 saturated heterocycles. The Bertz CT molecular complexity index is 1130. The van der Waals surface area contributed by atoms with Crippen LogP contribution in [0.5, 0.6) is 0 Å². The monoisotopic (exact) mass is 402 g/mol. The molecule has 146 valence electrons. The molecule has 0 aliphatic rings. The number of carbonyl (C=O) groups is 1. The molecule has 2 aromatic heterocycles. The predicted molar refractivity (Wildman–Crippen MR) is 117 cm³/mol. The van der Waals surface area contributed by atoms with Gasteiger partial charge in [0.2, 0.25) is 5.91 Å². The quantitative estimate of drug-likeness (QED) is 0.501. The lowest BCUT2D eigenvalue weighted by molar-refractivity contribution is -0.115. The SMILES string of the molecule is Cc1ccc(Cn2nccc2NC(=O)Cc2csc(-c3cccc(C)c3)n2)cc1. The van der Waals surface area contributed by atoms with Crippen molar-refractivity contribution < 1.29 is 4.79 Å². The van der Waals surface area contributed by atoms with Crippen LogP contribution in [0.1, 0.15) is 22.4 Å². The van der Waals surface area contributed by atoms with Gasteiger partial charge in [0, 0.05) is 17.0 Å². The maximum Gasteiger partial charge on any atom is 0.231 e. The summed E-state index contributed by atoms with van der Waals surface area (Å²) in [5, 5.41) is 10.2. The predicted octanol–water partition coefficient (Wildman–Crippen LogP) is 4.85. The van der Waals surface area contributed by atoms with Crippen molar-refractivity contribution in [3.05, 3.63) is 88.6 Å². The van der Waals surface area contributed by atoms with Gasteiger partial charge in [-0.1, -0.05) is 53.6 Å². The molecule has 6 heteroatoms. The smallest absolute Gasteiger partial charge is 0.231 e. The van der Waals surface area contributed by atoms with Gasteiger partial charge in [-0.2, -0.15) is 5.10 Å². The molecule has 0 aliphatic heterocycles. The second kappa shape index (κ2) is 8.41. The third-order valence-electron chi connectivity index (χ3n) is 4.60. The molecule has 0 fully saturated rings. The van der Waals surface area contributed by atoms with Crippen molar-refractivity contribution in [1.29, 1.82) is 0 Å². The Kier molecular flexibility index (Phi) is 5.53. The van der Waals surface area contributed by atoms with Gasteiger partial charge in [0.25, 0.3) is 0 Å². The molecule has 0 unspecified atom stereocenters.